The van der Waals surface area contributed by atoms with Gasteiger partial charge in [-0.3, -0.25) is 4.79 Å². The van der Waals surface area contributed by atoms with Crippen molar-refractivity contribution in [3.05, 3.63) is 41.5 Å². The van der Waals surface area contributed by atoms with Crippen molar-refractivity contribution in [2.45, 2.75) is 25.9 Å². The first-order valence-electron chi connectivity index (χ1n) is 5.87. The Bertz CT molecular complexity index is 564. The summed E-state index contributed by atoms with van der Waals surface area (Å²) in [7, 11) is 0. The van der Waals surface area contributed by atoms with Crippen LogP contribution in [0.2, 0.25) is 0 Å². The highest BCUT2D eigenvalue weighted by atomic mass is 16.5. The van der Waals surface area contributed by atoms with Gasteiger partial charge < -0.3 is 9.26 Å². The van der Waals surface area contributed by atoms with Crippen LogP contribution in [0.1, 0.15) is 34.6 Å². The Morgan fingerprint density at radius 1 is 1.33 bits per heavy atom. The molecule has 1 heterocycles. The number of aromatic nitrogens is 2. The van der Waals surface area contributed by atoms with E-state index in [1.165, 1.54) is 6.39 Å². The van der Waals surface area contributed by atoms with Crippen LogP contribution in [0, 0.1) is 0 Å². The van der Waals surface area contributed by atoms with Gasteiger partial charge in [0.15, 0.2) is 12.4 Å². The van der Waals surface area contributed by atoms with E-state index in [-0.39, 0.29) is 12.4 Å². The molecule has 2 aromatic rings. The van der Waals surface area contributed by atoms with Gasteiger partial charge in [-0.2, -0.15) is 4.98 Å². The molecule has 0 spiro atoms. The van der Waals surface area contributed by atoms with Crippen LogP contribution in [0.5, 0.6) is 5.75 Å². The zero-order valence-electron chi connectivity index (χ0n) is 9.76. The number of fused-ring (bicyclic) bond motifs is 1. The maximum atomic E-state index is 11.8. The smallest absolute Gasteiger partial charge is 0.213 e. The fourth-order valence-corrected chi connectivity index (χ4v) is 2.10. The van der Waals surface area contributed by atoms with E-state index in [4.69, 9.17) is 4.74 Å². The van der Waals surface area contributed by atoms with Crippen molar-refractivity contribution in [2.75, 3.05) is 0 Å². The first kappa shape index (κ1) is 11.0. The van der Waals surface area contributed by atoms with Gasteiger partial charge in [0.25, 0.3) is 0 Å². The van der Waals surface area contributed by atoms with E-state index in [1.807, 2.05) is 12.1 Å². The molecule has 0 aliphatic heterocycles. The third kappa shape index (κ3) is 2.11. The number of benzene rings is 1. The number of hydrogen-bond donors (Lipinski definition) is 0. The van der Waals surface area contributed by atoms with Crippen LogP contribution in [0.15, 0.2) is 29.1 Å². The summed E-state index contributed by atoms with van der Waals surface area (Å²) in [4.78, 5) is 15.6. The van der Waals surface area contributed by atoms with Gasteiger partial charge in [-0.05, 0) is 30.5 Å². The second-order valence-electron chi connectivity index (χ2n) is 4.23. The van der Waals surface area contributed by atoms with E-state index in [0.29, 0.717) is 18.0 Å². The highest BCUT2D eigenvalue weighted by Gasteiger charge is 2.17. The van der Waals surface area contributed by atoms with Gasteiger partial charge in [-0.25, -0.2) is 0 Å². The Hall–Kier alpha value is -2.17. The zero-order valence-corrected chi connectivity index (χ0v) is 9.76. The SMILES string of the molecule is O=C1CCCc2ccc(OCc3ncon3)cc21. The Morgan fingerprint density at radius 2 is 2.28 bits per heavy atom. The summed E-state index contributed by atoms with van der Waals surface area (Å²) in [5.41, 5.74) is 1.89. The van der Waals surface area contributed by atoms with Crippen LogP contribution in [0.25, 0.3) is 0 Å². The van der Waals surface area contributed by atoms with Crippen molar-refractivity contribution >= 4 is 5.78 Å². The largest absolute Gasteiger partial charge is 0.485 e. The quantitative estimate of drug-likeness (QED) is 0.827. The van der Waals surface area contributed by atoms with Crippen molar-refractivity contribution in [2.24, 2.45) is 0 Å². The number of ketones is 1. The van der Waals surface area contributed by atoms with Crippen LogP contribution in [-0.4, -0.2) is 15.9 Å². The summed E-state index contributed by atoms with van der Waals surface area (Å²) in [5, 5.41) is 3.66. The predicted molar refractivity (Wildman–Crippen MR) is 62.3 cm³/mol. The number of aryl methyl sites for hydroxylation is 1. The fraction of sp³-hybridized carbons (Fsp3) is 0.308. The lowest BCUT2D eigenvalue weighted by atomic mass is 9.90. The second kappa shape index (κ2) is 4.60. The molecule has 0 saturated carbocycles. The average Bonchev–Trinajstić information content (AvgIpc) is 2.90. The molecule has 0 N–H and O–H groups in total. The summed E-state index contributed by atoms with van der Waals surface area (Å²) in [6.07, 6.45) is 3.79. The molecule has 0 unspecified atom stereocenters. The van der Waals surface area contributed by atoms with Crippen molar-refractivity contribution in [1.29, 1.82) is 0 Å². The molecule has 1 aliphatic rings. The second-order valence-corrected chi connectivity index (χ2v) is 4.23. The van der Waals surface area contributed by atoms with E-state index in [9.17, 15) is 4.79 Å². The van der Waals surface area contributed by atoms with Gasteiger partial charge in [0.05, 0.1) is 0 Å². The normalized spacial score (nSPS) is 14.3. The monoisotopic (exact) mass is 244 g/mol. The number of nitrogens with zero attached hydrogens (tertiary/aromatic N) is 2. The van der Waals surface area contributed by atoms with Crippen molar-refractivity contribution in [1.82, 2.24) is 10.1 Å². The fourth-order valence-electron chi connectivity index (χ4n) is 2.10. The van der Waals surface area contributed by atoms with E-state index < -0.39 is 0 Å². The van der Waals surface area contributed by atoms with Crippen molar-refractivity contribution < 1.29 is 14.1 Å². The lowest BCUT2D eigenvalue weighted by Crippen LogP contribution is -2.10. The van der Waals surface area contributed by atoms with Gasteiger partial charge >= 0.3 is 0 Å². The Kier molecular flexibility index (Phi) is 2.80. The first-order valence-corrected chi connectivity index (χ1v) is 5.87. The lowest BCUT2D eigenvalue weighted by molar-refractivity contribution is 0.0972. The molecule has 3 rings (SSSR count). The molecule has 0 amide bonds. The van der Waals surface area contributed by atoms with Crippen LogP contribution < -0.4 is 4.74 Å². The zero-order chi connectivity index (χ0) is 12.4. The molecule has 92 valence electrons. The van der Waals surface area contributed by atoms with Gasteiger partial charge in [-0.15, -0.1) is 0 Å². The van der Waals surface area contributed by atoms with E-state index in [2.05, 4.69) is 14.7 Å². The molecular weight excluding hydrogens is 232 g/mol. The summed E-state index contributed by atoms with van der Waals surface area (Å²) in [6.45, 7) is 0.240. The van der Waals surface area contributed by atoms with Crippen LogP contribution in [0.3, 0.4) is 0 Å². The van der Waals surface area contributed by atoms with Gasteiger partial charge in [0.1, 0.15) is 5.75 Å². The van der Waals surface area contributed by atoms with E-state index >= 15 is 0 Å². The molecule has 0 saturated heterocycles. The third-order valence-electron chi connectivity index (χ3n) is 3.01. The minimum Gasteiger partial charge on any atom is -0.485 e. The number of ether oxygens (including phenoxy) is 1. The number of Topliss-reactive ketones (excluding diaryl/α,β-unsaturated/α-hetero) is 1. The van der Waals surface area contributed by atoms with Gasteiger partial charge in [-0.1, -0.05) is 11.2 Å². The number of carbonyl (C=O) groups excluding carboxylic acids is 1. The predicted octanol–water partition coefficient (Wildman–Crippen LogP) is 2.17. The summed E-state index contributed by atoms with van der Waals surface area (Å²) in [6, 6.07) is 5.63. The molecular formula is C13H12N2O3. The summed E-state index contributed by atoms with van der Waals surface area (Å²) < 4.78 is 10.1. The van der Waals surface area contributed by atoms with Crippen molar-refractivity contribution in [3.63, 3.8) is 0 Å². The number of carbonyl (C=O) groups is 1. The minimum absolute atomic E-state index is 0.196. The van der Waals surface area contributed by atoms with Crippen LogP contribution in [-0.2, 0) is 13.0 Å². The molecule has 1 aromatic heterocycles. The molecule has 0 atom stereocenters. The molecule has 0 fully saturated rings. The van der Waals surface area contributed by atoms with E-state index in [0.717, 1.165) is 24.0 Å². The molecule has 0 bridgehead atoms. The molecule has 5 heteroatoms. The highest BCUT2D eigenvalue weighted by Crippen LogP contribution is 2.25. The molecule has 1 aromatic carbocycles. The molecule has 1 aliphatic carbocycles. The highest BCUT2D eigenvalue weighted by molar-refractivity contribution is 5.98. The number of hydrogen-bond acceptors (Lipinski definition) is 5. The summed E-state index contributed by atoms with van der Waals surface area (Å²) in [5.74, 6) is 1.34. The Labute approximate surface area is 104 Å². The van der Waals surface area contributed by atoms with Gasteiger partial charge in [0, 0.05) is 12.0 Å². The van der Waals surface area contributed by atoms with E-state index in [1.54, 1.807) is 6.07 Å². The summed E-state index contributed by atoms with van der Waals surface area (Å²) >= 11 is 0. The number of rotatable bonds is 3. The minimum atomic E-state index is 0.196. The Balaban J connectivity index is 1.77. The lowest BCUT2D eigenvalue weighted by Gasteiger charge is -2.15. The maximum absolute atomic E-state index is 11.8. The van der Waals surface area contributed by atoms with Crippen molar-refractivity contribution in [3.8, 4) is 5.75 Å². The van der Waals surface area contributed by atoms with Crippen LogP contribution >= 0.6 is 0 Å². The maximum Gasteiger partial charge on any atom is 0.213 e. The average molecular weight is 244 g/mol. The molecule has 5 nitrogen and oxygen atoms in total. The molecule has 0 radical (unpaired) electrons. The topological polar surface area (TPSA) is 65.2 Å². The Morgan fingerprint density at radius 3 is 3.11 bits per heavy atom. The molecule has 18 heavy (non-hydrogen) atoms. The third-order valence-corrected chi connectivity index (χ3v) is 3.01. The standard InChI is InChI=1S/C13H12N2O3/c16-12-3-1-2-9-4-5-10(6-11(9)12)17-7-13-14-8-18-15-13/h4-6,8H,1-3,7H2. The van der Waals surface area contributed by atoms with Crippen LogP contribution in [0.4, 0.5) is 0 Å². The first-order chi connectivity index (χ1) is 8.83. The van der Waals surface area contributed by atoms with Gasteiger partial charge in [0.2, 0.25) is 12.2 Å².